The molecule has 112 valence electrons. The molecular weight excluding hydrogens is 264 g/mol. The Hall–Kier alpha value is -0.320. The third-order valence-electron chi connectivity index (χ3n) is 4.15. The zero-order valence-electron chi connectivity index (χ0n) is 12.1. The molecule has 0 bridgehead atoms. The number of halogens is 1. The van der Waals surface area contributed by atoms with E-state index in [1.807, 2.05) is 11.8 Å². The first-order valence-corrected chi connectivity index (χ1v) is 7.28. The lowest BCUT2D eigenvalue weighted by Gasteiger charge is -2.37. The summed E-state index contributed by atoms with van der Waals surface area (Å²) in [6.07, 6.45) is 4.40. The molecule has 2 fully saturated rings. The average molecular weight is 291 g/mol. The van der Waals surface area contributed by atoms with E-state index in [-0.39, 0.29) is 24.6 Å². The van der Waals surface area contributed by atoms with E-state index in [9.17, 15) is 4.79 Å². The van der Waals surface area contributed by atoms with Gasteiger partial charge in [-0.25, -0.2) is 0 Å². The standard InChI is InChI=1S/C14H26N2O2.ClH/c1-11-10-18-12(2)9-16(11)14(17)4-3-13-5-7-15-8-6-13;/h11-13,15H,3-10H2,1-2H3;1H. The Morgan fingerprint density at radius 3 is 2.68 bits per heavy atom. The number of carbonyl (C=O) groups is 1. The second kappa shape index (κ2) is 8.08. The Morgan fingerprint density at radius 2 is 2.00 bits per heavy atom. The molecule has 2 aliphatic rings. The fourth-order valence-electron chi connectivity index (χ4n) is 2.89. The van der Waals surface area contributed by atoms with Crippen LogP contribution < -0.4 is 5.32 Å². The summed E-state index contributed by atoms with van der Waals surface area (Å²) in [4.78, 5) is 14.3. The van der Waals surface area contributed by atoms with Gasteiger partial charge in [0.2, 0.25) is 5.91 Å². The second-order valence-electron chi connectivity index (χ2n) is 5.77. The van der Waals surface area contributed by atoms with E-state index < -0.39 is 0 Å². The van der Waals surface area contributed by atoms with E-state index in [4.69, 9.17) is 4.74 Å². The number of carbonyl (C=O) groups excluding carboxylic acids is 1. The molecule has 0 aromatic carbocycles. The van der Waals surface area contributed by atoms with Gasteiger partial charge >= 0.3 is 0 Å². The Bertz CT molecular complexity index is 283. The lowest BCUT2D eigenvalue weighted by Crippen LogP contribution is -2.50. The highest BCUT2D eigenvalue weighted by Crippen LogP contribution is 2.20. The summed E-state index contributed by atoms with van der Waals surface area (Å²) < 4.78 is 5.56. The largest absolute Gasteiger partial charge is 0.375 e. The Balaban J connectivity index is 0.00000180. The van der Waals surface area contributed by atoms with Crippen LogP contribution in [0.15, 0.2) is 0 Å². The number of amides is 1. The molecule has 2 unspecified atom stereocenters. The number of hydrogen-bond acceptors (Lipinski definition) is 3. The first-order valence-electron chi connectivity index (χ1n) is 7.28. The van der Waals surface area contributed by atoms with Gasteiger partial charge in [-0.05, 0) is 52.1 Å². The molecule has 1 N–H and O–H groups in total. The van der Waals surface area contributed by atoms with Gasteiger partial charge < -0.3 is 15.0 Å². The van der Waals surface area contributed by atoms with Gasteiger partial charge in [0.25, 0.3) is 0 Å². The molecule has 2 aliphatic heterocycles. The zero-order valence-corrected chi connectivity index (χ0v) is 12.9. The van der Waals surface area contributed by atoms with Crippen LogP contribution in [0.4, 0.5) is 0 Å². The number of ether oxygens (including phenoxy) is 1. The summed E-state index contributed by atoms with van der Waals surface area (Å²) in [5, 5.41) is 3.37. The van der Waals surface area contributed by atoms with Crippen molar-refractivity contribution in [3.63, 3.8) is 0 Å². The molecule has 5 heteroatoms. The summed E-state index contributed by atoms with van der Waals surface area (Å²) in [5.74, 6) is 1.06. The minimum absolute atomic E-state index is 0. The van der Waals surface area contributed by atoms with Crippen molar-refractivity contribution in [2.24, 2.45) is 5.92 Å². The quantitative estimate of drug-likeness (QED) is 0.862. The lowest BCUT2D eigenvalue weighted by atomic mass is 9.93. The van der Waals surface area contributed by atoms with E-state index in [1.165, 1.54) is 12.8 Å². The molecule has 2 heterocycles. The monoisotopic (exact) mass is 290 g/mol. The molecule has 2 rings (SSSR count). The number of rotatable bonds is 3. The molecule has 4 nitrogen and oxygen atoms in total. The van der Waals surface area contributed by atoms with Crippen molar-refractivity contribution in [1.29, 1.82) is 0 Å². The number of piperidine rings is 1. The smallest absolute Gasteiger partial charge is 0.222 e. The van der Waals surface area contributed by atoms with Gasteiger partial charge in [0.1, 0.15) is 0 Å². The maximum absolute atomic E-state index is 12.3. The Labute approximate surface area is 122 Å². The molecule has 0 radical (unpaired) electrons. The molecule has 0 aromatic heterocycles. The predicted octanol–water partition coefficient (Wildman–Crippen LogP) is 1.82. The number of hydrogen-bond donors (Lipinski definition) is 1. The number of nitrogens with one attached hydrogen (secondary N) is 1. The first kappa shape index (κ1) is 16.7. The van der Waals surface area contributed by atoms with Gasteiger partial charge in [0.05, 0.1) is 18.8 Å². The first-order chi connectivity index (χ1) is 8.66. The summed E-state index contributed by atoms with van der Waals surface area (Å²) in [6, 6.07) is 0.238. The molecule has 0 saturated carbocycles. The Morgan fingerprint density at radius 1 is 1.32 bits per heavy atom. The summed E-state index contributed by atoms with van der Waals surface area (Å²) in [6.45, 7) is 7.79. The van der Waals surface area contributed by atoms with Gasteiger partial charge in [0.15, 0.2) is 0 Å². The fourth-order valence-corrected chi connectivity index (χ4v) is 2.89. The summed E-state index contributed by atoms with van der Waals surface area (Å²) in [5.41, 5.74) is 0. The predicted molar refractivity (Wildman–Crippen MR) is 78.7 cm³/mol. The van der Waals surface area contributed by atoms with Crippen molar-refractivity contribution in [3.8, 4) is 0 Å². The van der Waals surface area contributed by atoms with Crippen LogP contribution in [0.2, 0.25) is 0 Å². The SMILES string of the molecule is CC1CN(C(=O)CCC2CCNCC2)C(C)CO1.Cl. The van der Waals surface area contributed by atoms with Crippen LogP contribution in [0, 0.1) is 5.92 Å². The molecule has 0 aliphatic carbocycles. The molecule has 2 atom stereocenters. The molecule has 0 aromatic rings. The third-order valence-corrected chi connectivity index (χ3v) is 4.15. The number of nitrogens with zero attached hydrogens (tertiary/aromatic N) is 1. The van der Waals surface area contributed by atoms with Crippen LogP contribution in [0.25, 0.3) is 0 Å². The maximum Gasteiger partial charge on any atom is 0.222 e. The van der Waals surface area contributed by atoms with Gasteiger partial charge in [0, 0.05) is 13.0 Å². The molecule has 2 saturated heterocycles. The van der Waals surface area contributed by atoms with Crippen LogP contribution in [0.3, 0.4) is 0 Å². The van der Waals surface area contributed by atoms with Crippen LogP contribution in [-0.2, 0) is 9.53 Å². The van der Waals surface area contributed by atoms with Gasteiger partial charge in [-0.3, -0.25) is 4.79 Å². The fraction of sp³-hybridized carbons (Fsp3) is 0.929. The van der Waals surface area contributed by atoms with Gasteiger partial charge in [-0.2, -0.15) is 0 Å². The molecule has 1 amide bonds. The molecular formula is C14H27ClN2O2. The summed E-state index contributed by atoms with van der Waals surface area (Å²) >= 11 is 0. The van der Waals surface area contributed by atoms with Gasteiger partial charge in [-0.15, -0.1) is 12.4 Å². The van der Waals surface area contributed by atoms with Crippen LogP contribution >= 0.6 is 12.4 Å². The van der Waals surface area contributed by atoms with E-state index in [0.717, 1.165) is 32.0 Å². The van der Waals surface area contributed by atoms with Crippen molar-refractivity contribution in [2.45, 2.75) is 51.7 Å². The number of morpholine rings is 1. The van der Waals surface area contributed by atoms with Crippen molar-refractivity contribution in [3.05, 3.63) is 0 Å². The van der Waals surface area contributed by atoms with Crippen LogP contribution in [-0.4, -0.2) is 49.2 Å². The highest BCUT2D eigenvalue weighted by atomic mass is 35.5. The van der Waals surface area contributed by atoms with E-state index in [0.29, 0.717) is 18.9 Å². The highest BCUT2D eigenvalue weighted by molar-refractivity contribution is 5.85. The molecule has 0 spiro atoms. The average Bonchev–Trinajstić information content (AvgIpc) is 2.40. The van der Waals surface area contributed by atoms with Crippen molar-refractivity contribution in [2.75, 3.05) is 26.2 Å². The van der Waals surface area contributed by atoms with E-state index in [2.05, 4.69) is 12.2 Å². The van der Waals surface area contributed by atoms with Crippen molar-refractivity contribution in [1.82, 2.24) is 10.2 Å². The van der Waals surface area contributed by atoms with E-state index in [1.54, 1.807) is 0 Å². The van der Waals surface area contributed by atoms with Crippen LogP contribution in [0.1, 0.15) is 39.5 Å². The topological polar surface area (TPSA) is 41.6 Å². The van der Waals surface area contributed by atoms with Crippen molar-refractivity contribution >= 4 is 18.3 Å². The molecule has 19 heavy (non-hydrogen) atoms. The minimum Gasteiger partial charge on any atom is -0.375 e. The zero-order chi connectivity index (χ0) is 13.0. The minimum atomic E-state index is 0. The normalized spacial score (nSPS) is 28.8. The maximum atomic E-state index is 12.3. The lowest BCUT2D eigenvalue weighted by molar-refractivity contribution is -0.143. The van der Waals surface area contributed by atoms with Gasteiger partial charge in [-0.1, -0.05) is 0 Å². The second-order valence-corrected chi connectivity index (χ2v) is 5.77. The third kappa shape index (κ3) is 4.93. The summed E-state index contributed by atoms with van der Waals surface area (Å²) in [7, 11) is 0. The van der Waals surface area contributed by atoms with E-state index >= 15 is 0 Å². The van der Waals surface area contributed by atoms with Crippen LogP contribution in [0.5, 0.6) is 0 Å². The Kier molecular flexibility index (Phi) is 7.11. The van der Waals surface area contributed by atoms with Crippen molar-refractivity contribution < 1.29 is 9.53 Å². The highest BCUT2D eigenvalue weighted by Gasteiger charge is 2.27.